The van der Waals surface area contributed by atoms with Gasteiger partial charge in [0.1, 0.15) is 18.2 Å². The summed E-state index contributed by atoms with van der Waals surface area (Å²) < 4.78 is 11.0. The lowest BCUT2D eigenvalue weighted by Gasteiger charge is -2.28. The van der Waals surface area contributed by atoms with Gasteiger partial charge >= 0.3 is 0 Å². The molecule has 1 aliphatic heterocycles. The molecule has 1 saturated heterocycles. The van der Waals surface area contributed by atoms with Crippen molar-refractivity contribution < 1.29 is 14.3 Å². The maximum absolute atomic E-state index is 12.1. The van der Waals surface area contributed by atoms with Crippen molar-refractivity contribution in [2.75, 3.05) is 44.4 Å². The summed E-state index contributed by atoms with van der Waals surface area (Å²) >= 11 is 6.01. The fourth-order valence-corrected chi connectivity index (χ4v) is 2.84. The molecule has 138 valence electrons. The fraction of sp³-hybridized carbons (Fsp3) is 0.389. The highest BCUT2D eigenvalue weighted by atomic mass is 35.5. The number of anilines is 1. The number of nitrogens with zero attached hydrogens (tertiary/aromatic N) is 3. The van der Waals surface area contributed by atoms with E-state index in [4.69, 9.17) is 21.1 Å². The Hall–Kier alpha value is -2.38. The van der Waals surface area contributed by atoms with E-state index in [1.807, 2.05) is 13.0 Å². The monoisotopic (exact) mass is 376 g/mol. The Kier molecular flexibility index (Phi) is 6.25. The summed E-state index contributed by atoms with van der Waals surface area (Å²) in [5, 5.41) is 3.21. The Morgan fingerprint density at radius 3 is 2.85 bits per heavy atom. The third kappa shape index (κ3) is 4.83. The van der Waals surface area contributed by atoms with Gasteiger partial charge < -0.3 is 19.7 Å². The van der Waals surface area contributed by atoms with Crippen LogP contribution in [0.3, 0.4) is 0 Å². The van der Waals surface area contributed by atoms with Gasteiger partial charge in [-0.2, -0.15) is 4.98 Å². The van der Waals surface area contributed by atoms with Crippen LogP contribution in [0.4, 0.5) is 5.82 Å². The first-order chi connectivity index (χ1) is 12.6. The van der Waals surface area contributed by atoms with Gasteiger partial charge in [0.05, 0.1) is 30.3 Å². The Bertz CT molecular complexity index is 766. The maximum atomic E-state index is 12.1. The number of aryl methyl sites for hydroxylation is 1. The van der Waals surface area contributed by atoms with E-state index in [-0.39, 0.29) is 5.91 Å². The number of morpholine rings is 1. The third-order valence-corrected chi connectivity index (χ3v) is 4.22. The molecule has 1 aliphatic rings. The average molecular weight is 377 g/mol. The number of hydrogen-bond donors (Lipinski definition) is 1. The molecule has 0 radical (unpaired) electrons. The highest BCUT2D eigenvalue weighted by Crippen LogP contribution is 2.18. The van der Waals surface area contributed by atoms with E-state index in [0.717, 1.165) is 18.9 Å². The average Bonchev–Trinajstić information content (AvgIpc) is 2.66. The molecule has 26 heavy (non-hydrogen) atoms. The molecule has 0 bridgehead atoms. The number of benzene rings is 1. The van der Waals surface area contributed by atoms with Crippen molar-refractivity contribution in [3.63, 3.8) is 0 Å². The van der Waals surface area contributed by atoms with E-state index >= 15 is 0 Å². The Morgan fingerprint density at radius 2 is 2.08 bits per heavy atom. The van der Waals surface area contributed by atoms with Crippen LogP contribution >= 0.6 is 11.6 Å². The van der Waals surface area contributed by atoms with Crippen molar-refractivity contribution in [3.8, 4) is 5.88 Å². The van der Waals surface area contributed by atoms with Gasteiger partial charge in [0.15, 0.2) is 0 Å². The van der Waals surface area contributed by atoms with E-state index in [0.29, 0.717) is 48.7 Å². The molecule has 0 atom stereocenters. The molecule has 8 heteroatoms. The van der Waals surface area contributed by atoms with Gasteiger partial charge in [-0.3, -0.25) is 4.79 Å². The van der Waals surface area contributed by atoms with Gasteiger partial charge in [-0.15, -0.1) is 0 Å². The van der Waals surface area contributed by atoms with Gasteiger partial charge in [-0.05, 0) is 19.1 Å². The van der Waals surface area contributed by atoms with Crippen molar-refractivity contribution in [3.05, 3.63) is 46.7 Å². The molecule has 1 fully saturated rings. The molecular weight excluding hydrogens is 356 g/mol. The minimum Gasteiger partial charge on any atom is -0.476 e. The minimum atomic E-state index is -0.230. The minimum absolute atomic E-state index is 0.230. The molecule has 1 aromatic carbocycles. The molecule has 0 unspecified atom stereocenters. The second-order valence-corrected chi connectivity index (χ2v) is 6.20. The SMILES string of the molecule is Cc1nc(OCCNC(=O)c2ccccc2Cl)cc(N2CCOCC2)n1. The van der Waals surface area contributed by atoms with Crippen LogP contribution < -0.4 is 15.0 Å². The number of amides is 1. The van der Waals surface area contributed by atoms with Gasteiger partial charge in [0.25, 0.3) is 5.91 Å². The van der Waals surface area contributed by atoms with Crippen LogP contribution in [0, 0.1) is 6.92 Å². The summed E-state index contributed by atoms with van der Waals surface area (Å²) in [6, 6.07) is 8.73. The normalized spacial score (nSPS) is 14.2. The molecule has 1 aromatic heterocycles. The van der Waals surface area contributed by atoms with Crippen LogP contribution in [0.2, 0.25) is 5.02 Å². The van der Waals surface area contributed by atoms with Crippen LogP contribution in [0.1, 0.15) is 16.2 Å². The van der Waals surface area contributed by atoms with Crippen molar-refractivity contribution in [2.24, 2.45) is 0 Å². The summed E-state index contributed by atoms with van der Waals surface area (Å²) in [4.78, 5) is 23.0. The molecule has 0 aliphatic carbocycles. The Labute approximate surface area is 157 Å². The van der Waals surface area contributed by atoms with Crippen molar-refractivity contribution in [1.29, 1.82) is 0 Å². The molecule has 7 nitrogen and oxygen atoms in total. The summed E-state index contributed by atoms with van der Waals surface area (Å²) in [5.74, 6) is 1.73. The number of hydrogen-bond acceptors (Lipinski definition) is 6. The van der Waals surface area contributed by atoms with Gasteiger partial charge in [-0.25, -0.2) is 4.98 Å². The number of ether oxygens (including phenoxy) is 2. The second kappa shape index (κ2) is 8.82. The second-order valence-electron chi connectivity index (χ2n) is 5.80. The number of aromatic nitrogens is 2. The van der Waals surface area contributed by atoms with E-state index in [2.05, 4.69) is 20.2 Å². The first-order valence-corrected chi connectivity index (χ1v) is 8.85. The maximum Gasteiger partial charge on any atom is 0.252 e. The van der Waals surface area contributed by atoms with Crippen molar-refractivity contribution in [1.82, 2.24) is 15.3 Å². The van der Waals surface area contributed by atoms with Crippen molar-refractivity contribution in [2.45, 2.75) is 6.92 Å². The smallest absolute Gasteiger partial charge is 0.252 e. The van der Waals surface area contributed by atoms with Gasteiger partial charge in [-0.1, -0.05) is 23.7 Å². The largest absolute Gasteiger partial charge is 0.476 e. The highest BCUT2D eigenvalue weighted by molar-refractivity contribution is 6.33. The standard InChI is InChI=1S/C18H21ClN4O3/c1-13-21-16(23-7-10-25-11-8-23)12-17(22-13)26-9-6-20-18(24)14-4-2-3-5-15(14)19/h2-5,12H,6-11H2,1H3,(H,20,24). The zero-order valence-corrected chi connectivity index (χ0v) is 15.3. The lowest BCUT2D eigenvalue weighted by atomic mass is 10.2. The predicted octanol–water partition coefficient (Wildman–Crippen LogP) is 2.08. The molecule has 2 aromatic rings. The van der Waals surface area contributed by atoms with E-state index in [9.17, 15) is 4.79 Å². The summed E-state index contributed by atoms with van der Waals surface area (Å²) in [7, 11) is 0. The molecular formula is C18H21ClN4O3. The third-order valence-electron chi connectivity index (χ3n) is 3.89. The quantitative estimate of drug-likeness (QED) is 0.778. The summed E-state index contributed by atoms with van der Waals surface area (Å²) in [6.07, 6.45) is 0. The fourth-order valence-electron chi connectivity index (χ4n) is 2.61. The van der Waals surface area contributed by atoms with Crippen LogP contribution in [0.15, 0.2) is 30.3 Å². The van der Waals surface area contributed by atoms with Crippen molar-refractivity contribution >= 4 is 23.3 Å². The van der Waals surface area contributed by atoms with Crippen LogP contribution in [0.25, 0.3) is 0 Å². The number of carbonyl (C=O) groups excluding carboxylic acids is 1. The van der Waals surface area contributed by atoms with E-state index in [1.165, 1.54) is 0 Å². The van der Waals surface area contributed by atoms with Gasteiger partial charge in [0, 0.05) is 19.2 Å². The lowest BCUT2D eigenvalue weighted by molar-refractivity contribution is 0.0946. The molecule has 3 rings (SSSR count). The molecule has 2 heterocycles. The zero-order chi connectivity index (χ0) is 18.4. The molecule has 1 N–H and O–H groups in total. The number of halogens is 1. The first kappa shape index (κ1) is 18.4. The summed E-state index contributed by atoms with van der Waals surface area (Å²) in [6.45, 7) is 5.44. The van der Waals surface area contributed by atoms with Crippen LogP contribution in [-0.2, 0) is 4.74 Å². The number of carbonyl (C=O) groups is 1. The topological polar surface area (TPSA) is 76.6 Å². The van der Waals surface area contributed by atoms with Crippen LogP contribution in [0.5, 0.6) is 5.88 Å². The van der Waals surface area contributed by atoms with E-state index < -0.39 is 0 Å². The zero-order valence-electron chi connectivity index (χ0n) is 14.6. The lowest BCUT2D eigenvalue weighted by Crippen LogP contribution is -2.37. The molecule has 0 spiro atoms. The Morgan fingerprint density at radius 1 is 1.31 bits per heavy atom. The van der Waals surface area contributed by atoms with Crippen LogP contribution in [-0.4, -0.2) is 55.3 Å². The van der Waals surface area contributed by atoms with E-state index in [1.54, 1.807) is 24.3 Å². The Balaban J connectivity index is 1.52. The summed E-state index contributed by atoms with van der Waals surface area (Å²) in [5.41, 5.74) is 0.446. The first-order valence-electron chi connectivity index (χ1n) is 8.47. The predicted molar refractivity (Wildman–Crippen MR) is 99.1 cm³/mol. The van der Waals surface area contributed by atoms with Gasteiger partial charge in [0.2, 0.25) is 5.88 Å². The molecule has 1 amide bonds. The number of rotatable bonds is 6. The molecule has 0 saturated carbocycles. The number of nitrogens with one attached hydrogen (secondary N) is 1. The highest BCUT2D eigenvalue weighted by Gasteiger charge is 2.14.